The Morgan fingerprint density at radius 1 is 1.04 bits per heavy atom. The first-order chi connectivity index (χ1) is 10.7. The van der Waals surface area contributed by atoms with Crippen molar-refractivity contribution in [3.05, 3.63) is 58.7 Å². The zero-order chi connectivity index (χ0) is 17.2. The number of methoxy groups -OCH3 is 1. The molecular weight excluding hydrogens is 286 g/mol. The molecule has 3 heteroatoms. The fourth-order valence-corrected chi connectivity index (χ4v) is 2.53. The summed E-state index contributed by atoms with van der Waals surface area (Å²) in [6.07, 6.45) is 0. The molecule has 122 valence electrons. The topological polar surface area (TPSA) is 38.3 Å². The van der Waals surface area contributed by atoms with Crippen LogP contribution in [0.3, 0.4) is 0 Å². The highest BCUT2D eigenvalue weighted by atomic mass is 16.5. The minimum Gasteiger partial charge on any atom is -0.495 e. The average molecular weight is 311 g/mol. The second-order valence-corrected chi connectivity index (χ2v) is 6.94. The number of carbonyl (C=O) groups excluding carboxylic acids is 1. The largest absolute Gasteiger partial charge is 0.495 e. The third-order valence-electron chi connectivity index (χ3n) is 3.94. The first kappa shape index (κ1) is 17.1. The van der Waals surface area contributed by atoms with Gasteiger partial charge in [0.2, 0.25) is 0 Å². The van der Waals surface area contributed by atoms with Gasteiger partial charge in [-0.2, -0.15) is 0 Å². The van der Waals surface area contributed by atoms with Crippen molar-refractivity contribution < 1.29 is 9.53 Å². The molecule has 0 aliphatic carbocycles. The third-order valence-corrected chi connectivity index (χ3v) is 3.94. The maximum Gasteiger partial charge on any atom is 0.256 e. The second kappa shape index (κ2) is 6.45. The lowest BCUT2D eigenvalue weighted by atomic mass is 9.87. The summed E-state index contributed by atoms with van der Waals surface area (Å²) in [4.78, 5) is 12.6. The van der Waals surface area contributed by atoms with Gasteiger partial charge in [-0.1, -0.05) is 44.5 Å². The Morgan fingerprint density at radius 3 is 2.30 bits per heavy atom. The van der Waals surface area contributed by atoms with E-state index in [0.29, 0.717) is 17.0 Å². The standard InChI is InChI=1S/C20H25NO2/c1-13-7-9-16(14(2)11-13)19(22)21-17-12-15(20(3,4)5)8-10-18(17)23-6/h7-12H,1-6H3,(H,21,22). The van der Waals surface area contributed by atoms with Crippen LogP contribution >= 0.6 is 0 Å². The molecule has 0 aliphatic rings. The molecule has 0 heterocycles. The molecule has 23 heavy (non-hydrogen) atoms. The van der Waals surface area contributed by atoms with E-state index in [-0.39, 0.29) is 11.3 Å². The molecule has 0 bridgehead atoms. The molecule has 2 aromatic carbocycles. The van der Waals surface area contributed by atoms with Gasteiger partial charge in [0.25, 0.3) is 5.91 Å². The van der Waals surface area contributed by atoms with Gasteiger partial charge >= 0.3 is 0 Å². The minimum atomic E-state index is -0.119. The fraction of sp³-hybridized carbons (Fsp3) is 0.350. The molecule has 0 atom stereocenters. The summed E-state index contributed by atoms with van der Waals surface area (Å²) < 4.78 is 5.38. The summed E-state index contributed by atoms with van der Waals surface area (Å²) in [6, 6.07) is 11.7. The zero-order valence-electron chi connectivity index (χ0n) is 14.8. The zero-order valence-corrected chi connectivity index (χ0v) is 14.8. The van der Waals surface area contributed by atoms with Gasteiger partial charge in [-0.25, -0.2) is 0 Å². The van der Waals surface area contributed by atoms with E-state index in [1.807, 2.05) is 50.2 Å². The lowest BCUT2D eigenvalue weighted by molar-refractivity contribution is 0.102. The predicted octanol–water partition coefficient (Wildman–Crippen LogP) is 4.86. The van der Waals surface area contributed by atoms with Crippen LogP contribution in [0.5, 0.6) is 5.75 Å². The van der Waals surface area contributed by atoms with Crippen molar-refractivity contribution in [1.82, 2.24) is 0 Å². The van der Waals surface area contributed by atoms with Gasteiger partial charge in [0.05, 0.1) is 12.8 Å². The highest BCUT2D eigenvalue weighted by Gasteiger charge is 2.18. The summed E-state index contributed by atoms with van der Waals surface area (Å²) in [5.41, 5.74) is 4.64. The van der Waals surface area contributed by atoms with E-state index < -0.39 is 0 Å². The summed E-state index contributed by atoms with van der Waals surface area (Å²) in [7, 11) is 1.61. The Balaban J connectivity index is 2.36. The summed E-state index contributed by atoms with van der Waals surface area (Å²) in [6.45, 7) is 10.4. The van der Waals surface area contributed by atoms with Gasteiger partial charge < -0.3 is 10.1 Å². The number of nitrogens with one attached hydrogen (secondary N) is 1. The van der Waals surface area contributed by atoms with Crippen LogP contribution in [-0.4, -0.2) is 13.0 Å². The lowest BCUT2D eigenvalue weighted by Gasteiger charge is -2.21. The first-order valence-corrected chi connectivity index (χ1v) is 7.79. The molecule has 3 nitrogen and oxygen atoms in total. The van der Waals surface area contributed by atoms with Crippen molar-refractivity contribution in [2.45, 2.75) is 40.0 Å². The van der Waals surface area contributed by atoms with Crippen molar-refractivity contribution >= 4 is 11.6 Å². The molecule has 2 aromatic rings. The van der Waals surface area contributed by atoms with Gasteiger partial charge in [0.15, 0.2) is 0 Å². The van der Waals surface area contributed by atoms with Crippen LogP contribution in [0.2, 0.25) is 0 Å². The maximum atomic E-state index is 12.6. The summed E-state index contributed by atoms with van der Waals surface area (Å²) in [5.74, 6) is 0.544. The van der Waals surface area contributed by atoms with Crippen LogP contribution in [-0.2, 0) is 5.41 Å². The van der Waals surface area contributed by atoms with Gasteiger partial charge in [-0.15, -0.1) is 0 Å². The molecule has 0 saturated heterocycles. The van der Waals surface area contributed by atoms with E-state index in [1.165, 1.54) is 0 Å². The van der Waals surface area contributed by atoms with Gasteiger partial charge in [0.1, 0.15) is 5.75 Å². The number of hydrogen-bond acceptors (Lipinski definition) is 2. The normalized spacial score (nSPS) is 11.2. The van der Waals surface area contributed by atoms with Crippen LogP contribution in [0.1, 0.15) is 47.8 Å². The molecular formula is C20H25NO2. The number of carbonyl (C=O) groups is 1. The third kappa shape index (κ3) is 3.92. The lowest BCUT2D eigenvalue weighted by Crippen LogP contribution is -2.16. The van der Waals surface area contributed by atoms with Crippen molar-refractivity contribution in [2.24, 2.45) is 0 Å². The van der Waals surface area contributed by atoms with Crippen molar-refractivity contribution in [2.75, 3.05) is 12.4 Å². The Kier molecular flexibility index (Phi) is 4.79. The number of anilines is 1. The van der Waals surface area contributed by atoms with Crippen LogP contribution in [0.25, 0.3) is 0 Å². The van der Waals surface area contributed by atoms with Crippen molar-refractivity contribution in [1.29, 1.82) is 0 Å². The monoisotopic (exact) mass is 311 g/mol. The highest BCUT2D eigenvalue weighted by molar-refractivity contribution is 6.06. The van der Waals surface area contributed by atoms with Crippen LogP contribution in [0.15, 0.2) is 36.4 Å². The van der Waals surface area contributed by atoms with E-state index in [4.69, 9.17) is 4.74 Å². The van der Waals surface area contributed by atoms with E-state index >= 15 is 0 Å². The predicted molar refractivity (Wildman–Crippen MR) is 95.6 cm³/mol. The molecule has 1 amide bonds. The van der Waals surface area contributed by atoms with E-state index in [0.717, 1.165) is 16.7 Å². The number of rotatable bonds is 3. The van der Waals surface area contributed by atoms with E-state index in [2.05, 4.69) is 26.1 Å². The Morgan fingerprint density at radius 2 is 1.74 bits per heavy atom. The maximum absolute atomic E-state index is 12.6. The number of ether oxygens (including phenoxy) is 1. The van der Waals surface area contributed by atoms with Crippen molar-refractivity contribution in [3.8, 4) is 5.75 Å². The number of hydrogen-bond donors (Lipinski definition) is 1. The Labute approximate surface area is 138 Å². The smallest absolute Gasteiger partial charge is 0.256 e. The molecule has 0 saturated carbocycles. The molecule has 0 aliphatic heterocycles. The Bertz CT molecular complexity index is 727. The number of amides is 1. The van der Waals surface area contributed by atoms with Gasteiger partial charge in [-0.3, -0.25) is 4.79 Å². The van der Waals surface area contributed by atoms with Crippen LogP contribution in [0, 0.1) is 13.8 Å². The average Bonchev–Trinajstić information content (AvgIpc) is 2.46. The van der Waals surface area contributed by atoms with Gasteiger partial charge in [0, 0.05) is 5.56 Å². The highest BCUT2D eigenvalue weighted by Crippen LogP contribution is 2.31. The van der Waals surface area contributed by atoms with Crippen LogP contribution < -0.4 is 10.1 Å². The number of benzene rings is 2. The van der Waals surface area contributed by atoms with Crippen LogP contribution in [0.4, 0.5) is 5.69 Å². The SMILES string of the molecule is COc1ccc(C(C)(C)C)cc1NC(=O)c1ccc(C)cc1C. The molecule has 0 aromatic heterocycles. The first-order valence-electron chi connectivity index (χ1n) is 7.79. The fourth-order valence-electron chi connectivity index (χ4n) is 2.53. The summed E-state index contributed by atoms with van der Waals surface area (Å²) >= 11 is 0. The van der Waals surface area contributed by atoms with Gasteiger partial charge in [-0.05, 0) is 48.6 Å². The quantitative estimate of drug-likeness (QED) is 0.879. The molecule has 0 unspecified atom stereocenters. The molecule has 0 radical (unpaired) electrons. The molecule has 0 spiro atoms. The van der Waals surface area contributed by atoms with E-state index in [9.17, 15) is 4.79 Å². The summed E-state index contributed by atoms with van der Waals surface area (Å²) in [5, 5.41) is 2.99. The second-order valence-electron chi connectivity index (χ2n) is 6.94. The minimum absolute atomic E-state index is 0.00548. The molecule has 0 fully saturated rings. The molecule has 1 N–H and O–H groups in total. The Hall–Kier alpha value is -2.29. The van der Waals surface area contributed by atoms with Crippen molar-refractivity contribution in [3.63, 3.8) is 0 Å². The number of aryl methyl sites for hydroxylation is 2. The molecule has 2 rings (SSSR count). The van der Waals surface area contributed by atoms with E-state index in [1.54, 1.807) is 7.11 Å².